The van der Waals surface area contributed by atoms with Crippen molar-refractivity contribution >= 4 is 0 Å². The molecule has 5 atom stereocenters. The van der Waals surface area contributed by atoms with Crippen LogP contribution in [0.25, 0.3) is 0 Å². The van der Waals surface area contributed by atoms with Crippen LogP contribution in [0.3, 0.4) is 0 Å². The van der Waals surface area contributed by atoms with Crippen LogP contribution in [-0.4, -0.2) is 61.5 Å². The smallest absolute Gasteiger partial charge is 0.0644 e. The lowest BCUT2D eigenvalue weighted by molar-refractivity contribution is 0.132. The van der Waals surface area contributed by atoms with Gasteiger partial charge in [-0.15, -0.1) is 0 Å². The Balaban J connectivity index is 1.17. The third-order valence-corrected chi connectivity index (χ3v) is 7.82. The van der Waals surface area contributed by atoms with Crippen molar-refractivity contribution < 1.29 is 0 Å². The molecule has 0 aromatic heterocycles. The molecule has 6 nitrogen and oxygen atoms in total. The van der Waals surface area contributed by atoms with Crippen molar-refractivity contribution in [1.82, 2.24) is 31.1 Å². The average molecular weight is 449 g/mol. The third kappa shape index (κ3) is 5.48. The molecule has 2 aromatic carbocycles. The Morgan fingerprint density at radius 2 is 1.67 bits per heavy atom. The second-order valence-electron chi connectivity index (χ2n) is 9.91. The molecule has 3 saturated heterocycles. The minimum absolute atomic E-state index is 0.296. The van der Waals surface area contributed by atoms with Gasteiger partial charge in [0.05, 0.1) is 12.3 Å². The molecular formula is C27H40N6. The quantitative estimate of drug-likeness (QED) is 0.523. The first-order valence-electron chi connectivity index (χ1n) is 12.8. The number of likely N-dealkylation sites (N-methyl/N-ethyl adjacent to an activating group) is 1. The Bertz CT molecular complexity index is 864. The largest absolute Gasteiger partial charge is 0.301 e. The molecule has 3 heterocycles. The van der Waals surface area contributed by atoms with E-state index < -0.39 is 0 Å². The third-order valence-electron chi connectivity index (χ3n) is 7.82. The summed E-state index contributed by atoms with van der Waals surface area (Å²) in [5.41, 5.74) is 4.17. The number of hydrogen-bond acceptors (Lipinski definition) is 6. The van der Waals surface area contributed by atoms with Gasteiger partial charge in [0.1, 0.15) is 0 Å². The van der Waals surface area contributed by atoms with E-state index in [1.54, 1.807) is 0 Å². The molecule has 6 heteroatoms. The second kappa shape index (κ2) is 10.6. The highest BCUT2D eigenvalue weighted by atomic mass is 15.3. The van der Waals surface area contributed by atoms with Gasteiger partial charge in [-0.25, -0.2) is 0 Å². The Kier molecular flexibility index (Phi) is 7.40. The van der Waals surface area contributed by atoms with Gasteiger partial charge in [-0.2, -0.15) is 0 Å². The van der Waals surface area contributed by atoms with Crippen LogP contribution < -0.4 is 21.3 Å². The van der Waals surface area contributed by atoms with Gasteiger partial charge in [0.2, 0.25) is 0 Å². The SMILES string of the molecule is CCN1CCN(Cc2ccc([C@@H]3C[C@H]4[C@H](NCN[C@H]4N[C@H](C)c4ccccc4)N3)cc2)CC1. The molecular weight excluding hydrogens is 408 g/mol. The van der Waals surface area contributed by atoms with Crippen molar-refractivity contribution in [1.29, 1.82) is 0 Å². The summed E-state index contributed by atoms with van der Waals surface area (Å²) in [4.78, 5) is 5.12. The molecule has 0 unspecified atom stereocenters. The standard InChI is InChI=1S/C27H40N6/c1-3-32-13-15-33(16-14-32)18-21-9-11-23(12-10-21)25-17-24-26(28-19-29-27(24)31-25)30-20(2)22-7-5-4-6-8-22/h4-12,20,24-31H,3,13-19H2,1-2H3/t20-,24-,25+,26+,27-/m1/s1. The van der Waals surface area contributed by atoms with Crippen LogP contribution >= 0.6 is 0 Å². The van der Waals surface area contributed by atoms with Gasteiger partial charge in [-0.1, -0.05) is 61.5 Å². The molecule has 4 N–H and O–H groups in total. The summed E-state index contributed by atoms with van der Waals surface area (Å²) in [5, 5.41) is 15.0. The summed E-state index contributed by atoms with van der Waals surface area (Å²) in [6.45, 7) is 12.3. The van der Waals surface area contributed by atoms with Crippen molar-refractivity contribution in [2.24, 2.45) is 5.92 Å². The van der Waals surface area contributed by atoms with Crippen LogP contribution in [-0.2, 0) is 6.54 Å². The van der Waals surface area contributed by atoms with Crippen LogP contribution in [0.2, 0.25) is 0 Å². The summed E-state index contributed by atoms with van der Waals surface area (Å²) in [6.07, 6.45) is 1.76. The summed E-state index contributed by atoms with van der Waals surface area (Å²) < 4.78 is 0. The number of fused-ring (bicyclic) bond motifs is 1. The van der Waals surface area contributed by atoms with Crippen LogP contribution in [0.4, 0.5) is 0 Å². The molecule has 0 spiro atoms. The molecule has 3 aliphatic rings. The number of nitrogens with one attached hydrogen (secondary N) is 4. The molecule has 178 valence electrons. The topological polar surface area (TPSA) is 54.6 Å². The lowest BCUT2D eigenvalue weighted by atomic mass is 9.94. The first-order valence-corrected chi connectivity index (χ1v) is 12.8. The van der Waals surface area contributed by atoms with Crippen LogP contribution in [0.15, 0.2) is 54.6 Å². The van der Waals surface area contributed by atoms with Gasteiger partial charge < -0.3 is 4.90 Å². The number of piperazine rings is 1. The number of hydrogen-bond donors (Lipinski definition) is 4. The van der Waals surface area contributed by atoms with Gasteiger partial charge in [0, 0.05) is 57.4 Å². The number of nitrogens with zero attached hydrogens (tertiary/aromatic N) is 2. The van der Waals surface area contributed by atoms with Gasteiger partial charge in [-0.3, -0.25) is 26.2 Å². The Labute approximate surface area is 199 Å². The molecule has 0 aliphatic carbocycles. The number of rotatable bonds is 7. The number of benzene rings is 2. The lowest BCUT2D eigenvalue weighted by Gasteiger charge is -2.37. The van der Waals surface area contributed by atoms with Crippen molar-refractivity contribution in [3.8, 4) is 0 Å². The minimum Gasteiger partial charge on any atom is -0.301 e. The molecule has 5 rings (SSSR count). The summed E-state index contributed by atoms with van der Waals surface area (Å²) in [5.74, 6) is 0.504. The van der Waals surface area contributed by atoms with Crippen LogP contribution in [0.5, 0.6) is 0 Å². The van der Waals surface area contributed by atoms with Crippen LogP contribution in [0.1, 0.15) is 49.0 Å². The maximum atomic E-state index is 3.86. The summed E-state index contributed by atoms with van der Waals surface area (Å²) in [6, 6.07) is 20.8. The van der Waals surface area contributed by atoms with Crippen molar-refractivity contribution in [2.45, 2.75) is 51.2 Å². The predicted molar refractivity (Wildman–Crippen MR) is 135 cm³/mol. The summed E-state index contributed by atoms with van der Waals surface area (Å²) in [7, 11) is 0. The van der Waals surface area contributed by atoms with E-state index in [1.807, 2.05) is 0 Å². The Morgan fingerprint density at radius 1 is 0.939 bits per heavy atom. The van der Waals surface area contributed by atoms with E-state index in [0.29, 0.717) is 30.3 Å². The van der Waals surface area contributed by atoms with E-state index in [0.717, 1.165) is 19.6 Å². The first-order chi connectivity index (χ1) is 16.2. The zero-order chi connectivity index (χ0) is 22.6. The lowest BCUT2D eigenvalue weighted by Crippen LogP contribution is -2.63. The van der Waals surface area contributed by atoms with E-state index >= 15 is 0 Å². The van der Waals surface area contributed by atoms with E-state index in [2.05, 4.69) is 99.5 Å². The van der Waals surface area contributed by atoms with Gasteiger partial charge in [0.25, 0.3) is 0 Å². The van der Waals surface area contributed by atoms with Gasteiger partial charge in [0.15, 0.2) is 0 Å². The van der Waals surface area contributed by atoms with E-state index in [4.69, 9.17) is 0 Å². The maximum Gasteiger partial charge on any atom is 0.0644 e. The van der Waals surface area contributed by atoms with Crippen molar-refractivity contribution in [3.63, 3.8) is 0 Å². The van der Waals surface area contributed by atoms with Crippen molar-refractivity contribution in [3.05, 3.63) is 71.3 Å². The highest BCUT2D eigenvalue weighted by molar-refractivity contribution is 5.27. The molecule has 0 radical (unpaired) electrons. The first kappa shape index (κ1) is 23.0. The van der Waals surface area contributed by atoms with Gasteiger partial charge in [-0.05, 0) is 36.6 Å². The van der Waals surface area contributed by atoms with Gasteiger partial charge >= 0.3 is 0 Å². The zero-order valence-corrected chi connectivity index (χ0v) is 20.1. The summed E-state index contributed by atoms with van der Waals surface area (Å²) >= 11 is 0. The average Bonchev–Trinajstić information content (AvgIpc) is 3.31. The normalized spacial score (nSPS) is 29.6. The van der Waals surface area contributed by atoms with E-state index in [1.165, 1.54) is 49.4 Å². The maximum absolute atomic E-state index is 3.86. The van der Waals surface area contributed by atoms with E-state index in [-0.39, 0.29) is 0 Å². The van der Waals surface area contributed by atoms with Crippen molar-refractivity contribution in [2.75, 3.05) is 39.4 Å². The molecule has 3 fully saturated rings. The fraction of sp³-hybridized carbons (Fsp3) is 0.556. The van der Waals surface area contributed by atoms with Crippen LogP contribution in [0, 0.1) is 5.92 Å². The highest BCUT2D eigenvalue weighted by Crippen LogP contribution is 2.34. The molecule has 3 aliphatic heterocycles. The molecule has 0 bridgehead atoms. The molecule has 33 heavy (non-hydrogen) atoms. The second-order valence-corrected chi connectivity index (χ2v) is 9.91. The Hall–Kier alpha value is -1.80. The highest BCUT2D eigenvalue weighted by Gasteiger charge is 2.41. The predicted octanol–water partition coefficient (Wildman–Crippen LogP) is 2.63. The minimum atomic E-state index is 0.296. The fourth-order valence-electron chi connectivity index (χ4n) is 5.68. The Morgan fingerprint density at radius 3 is 2.39 bits per heavy atom. The molecule has 0 saturated carbocycles. The molecule has 0 amide bonds. The zero-order valence-electron chi connectivity index (χ0n) is 20.1. The fourth-order valence-corrected chi connectivity index (χ4v) is 5.68. The molecule has 2 aromatic rings. The monoisotopic (exact) mass is 448 g/mol. The van der Waals surface area contributed by atoms with E-state index in [9.17, 15) is 0 Å².